The highest BCUT2D eigenvalue weighted by Crippen LogP contribution is 2.28. The fourth-order valence-corrected chi connectivity index (χ4v) is 4.55. The third-order valence-corrected chi connectivity index (χ3v) is 6.35. The van der Waals surface area contributed by atoms with E-state index >= 15 is 0 Å². The lowest BCUT2D eigenvalue weighted by atomic mass is 10.0. The highest BCUT2D eigenvalue weighted by Gasteiger charge is 2.29. The highest BCUT2D eigenvalue weighted by molar-refractivity contribution is 5.78. The summed E-state index contributed by atoms with van der Waals surface area (Å²) >= 11 is 0. The van der Waals surface area contributed by atoms with Crippen molar-refractivity contribution in [1.82, 2.24) is 9.80 Å². The first-order valence-electron chi connectivity index (χ1n) is 11.7. The molecule has 0 spiro atoms. The fraction of sp³-hybridized carbons (Fsp3) is 0.462. The first-order valence-corrected chi connectivity index (χ1v) is 11.7. The number of fused-ring (bicyclic) bond motifs is 1. The van der Waals surface area contributed by atoms with Crippen LogP contribution in [0.3, 0.4) is 0 Å². The number of amides is 1. The summed E-state index contributed by atoms with van der Waals surface area (Å²) in [6.07, 6.45) is 2.91. The first kappa shape index (κ1) is 23.9. The molecule has 2 heterocycles. The molecule has 0 unspecified atom stereocenters. The molecule has 8 heteroatoms. The van der Waals surface area contributed by atoms with Gasteiger partial charge in [0.1, 0.15) is 18.4 Å². The summed E-state index contributed by atoms with van der Waals surface area (Å²) in [7, 11) is 3.01. The topological polar surface area (TPSA) is 77.5 Å². The zero-order valence-corrected chi connectivity index (χ0v) is 19.8. The lowest BCUT2D eigenvalue weighted by molar-refractivity contribution is -0.148. The second-order valence-electron chi connectivity index (χ2n) is 8.55. The largest absolute Gasteiger partial charge is 0.493 e. The maximum atomic E-state index is 12.9. The number of hydrogen-bond donors (Lipinski definition) is 0. The van der Waals surface area contributed by atoms with Crippen LogP contribution in [0.25, 0.3) is 0 Å². The third kappa shape index (κ3) is 5.62. The zero-order valence-electron chi connectivity index (χ0n) is 19.8. The number of ether oxygens (including phenoxy) is 4. The van der Waals surface area contributed by atoms with Crippen molar-refractivity contribution in [2.24, 2.45) is 0 Å². The number of carbonyl (C=O) groups is 2. The Morgan fingerprint density at radius 3 is 2.68 bits per heavy atom. The van der Waals surface area contributed by atoms with Crippen molar-refractivity contribution in [3.05, 3.63) is 53.6 Å². The summed E-state index contributed by atoms with van der Waals surface area (Å²) in [5.41, 5.74) is 2.03. The van der Waals surface area contributed by atoms with Gasteiger partial charge in [0.15, 0.2) is 18.1 Å². The highest BCUT2D eigenvalue weighted by atomic mass is 16.5. The second-order valence-corrected chi connectivity index (χ2v) is 8.55. The molecule has 1 saturated heterocycles. The maximum Gasteiger partial charge on any atom is 0.323 e. The van der Waals surface area contributed by atoms with E-state index in [1.54, 1.807) is 24.1 Å². The SMILES string of the molecule is COC(=O)[C@@H]1CCCCN1Cc1ccc2c(c1)CN(C(=O)COc1ccccc1OC)CCO2. The van der Waals surface area contributed by atoms with Crippen molar-refractivity contribution < 1.29 is 28.5 Å². The van der Waals surface area contributed by atoms with E-state index in [0.717, 1.165) is 42.7 Å². The normalized spacial score (nSPS) is 18.3. The number of esters is 1. The van der Waals surface area contributed by atoms with E-state index in [4.69, 9.17) is 18.9 Å². The van der Waals surface area contributed by atoms with Crippen molar-refractivity contribution in [3.8, 4) is 17.2 Å². The summed E-state index contributed by atoms with van der Waals surface area (Å²) in [4.78, 5) is 29.1. The third-order valence-electron chi connectivity index (χ3n) is 6.35. The summed E-state index contributed by atoms with van der Waals surface area (Å²) < 4.78 is 21.9. The Labute approximate surface area is 200 Å². The molecule has 1 amide bonds. The second kappa shape index (κ2) is 11.2. The molecular weight excluding hydrogens is 436 g/mol. The Morgan fingerprint density at radius 2 is 1.88 bits per heavy atom. The van der Waals surface area contributed by atoms with Crippen molar-refractivity contribution >= 4 is 11.9 Å². The molecule has 1 fully saturated rings. The Bertz CT molecular complexity index is 1010. The Balaban J connectivity index is 1.42. The number of rotatable bonds is 7. The van der Waals surface area contributed by atoms with Crippen LogP contribution in [0.2, 0.25) is 0 Å². The van der Waals surface area contributed by atoms with Crippen LogP contribution in [0.1, 0.15) is 30.4 Å². The molecule has 4 rings (SSSR count). The molecule has 2 aliphatic rings. The number of para-hydroxylation sites is 2. The van der Waals surface area contributed by atoms with Crippen LogP contribution in [0.15, 0.2) is 42.5 Å². The number of methoxy groups -OCH3 is 2. The van der Waals surface area contributed by atoms with Crippen LogP contribution in [-0.2, 0) is 27.4 Å². The van der Waals surface area contributed by atoms with Crippen molar-refractivity contribution in [3.63, 3.8) is 0 Å². The smallest absolute Gasteiger partial charge is 0.323 e. The van der Waals surface area contributed by atoms with Crippen LogP contribution in [0.5, 0.6) is 17.2 Å². The summed E-state index contributed by atoms with van der Waals surface area (Å²) in [5, 5.41) is 0. The monoisotopic (exact) mass is 468 g/mol. The van der Waals surface area contributed by atoms with Crippen LogP contribution in [0, 0.1) is 0 Å². The van der Waals surface area contributed by atoms with Crippen LogP contribution in [0.4, 0.5) is 0 Å². The predicted octanol–water partition coefficient (Wildman–Crippen LogP) is 3.02. The van der Waals surface area contributed by atoms with E-state index in [2.05, 4.69) is 11.0 Å². The van der Waals surface area contributed by atoms with Gasteiger partial charge in [-0.3, -0.25) is 14.5 Å². The van der Waals surface area contributed by atoms with Gasteiger partial charge >= 0.3 is 5.97 Å². The zero-order chi connectivity index (χ0) is 23.9. The van der Waals surface area contributed by atoms with Gasteiger partial charge in [0.25, 0.3) is 5.91 Å². The molecular formula is C26H32N2O6. The minimum Gasteiger partial charge on any atom is -0.493 e. The predicted molar refractivity (Wildman–Crippen MR) is 126 cm³/mol. The van der Waals surface area contributed by atoms with Gasteiger partial charge in [-0.05, 0) is 49.2 Å². The summed E-state index contributed by atoms with van der Waals surface area (Å²) in [6, 6.07) is 13.1. The molecule has 2 aromatic rings. The van der Waals surface area contributed by atoms with E-state index in [-0.39, 0.29) is 24.5 Å². The number of likely N-dealkylation sites (tertiary alicyclic amines) is 1. The molecule has 0 N–H and O–H groups in total. The molecule has 0 saturated carbocycles. The van der Waals surface area contributed by atoms with Gasteiger partial charge in [0, 0.05) is 18.7 Å². The van der Waals surface area contributed by atoms with E-state index in [0.29, 0.717) is 37.7 Å². The molecule has 1 atom stereocenters. The maximum absolute atomic E-state index is 12.9. The molecule has 0 bridgehead atoms. The number of benzene rings is 2. The summed E-state index contributed by atoms with van der Waals surface area (Å²) in [5.74, 6) is 1.62. The molecule has 34 heavy (non-hydrogen) atoms. The van der Waals surface area contributed by atoms with Crippen LogP contribution in [-0.4, -0.2) is 68.2 Å². The van der Waals surface area contributed by atoms with Crippen molar-refractivity contribution in [2.75, 3.05) is 40.5 Å². The molecule has 8 nitrogen and oxygen atoms in total. The molecule has 0 radical (unpaired) electrons. The van der Waals surface area contributed by atoms with E-state index in [1.807, 2.05) is 24.3 Å². The molecule has 2 aromatic carbocycles. The van der Waals surface area contributed by atoms with Gasteiger partial charge in [-0.2, -0.15) is 0 Å². The molecule has 0 aliphatic carbocycles. The fourth-order valence-electron chi connectivity index (χ4n) is 4.55. The van der Waals surface area contributed by atoms with E-state index in [1.165, 1.54) is 7.11 Å². The van der Waals surface area contributed by atoms with Crippen molar-refractivity contribution in [1.29, 1.82) is 0 Å². The average Bonchev–Trinajstić information content (AvgIpc) is 3.09. The lowest BCUT2D eigenvalue weighted by Gasteiger charge is -2.33. The van der Waals surface area contributed by atoms with Gasteiger partial charge in [-0.15, -0.1) is 0 Å². The van der Waals surface area contributed by atoms with E-state index in [9.17, 15) is 9.59 Å². The van der Waals surface area contributed by atoms with Crippen molar-refractivity contribution in [2.45, 2.75) is 38.4 Å². The lowest BCUT2D eigenvalue weighted by Crippen LogP contribution is -2.44. The molecule has 2 aliphatic heterocycles. The van der Waals surface area contributed by atoms with Crippen LogP contribution < -0.4 is 14.2 Å². The molecule has 182 valence electrons. The number of nitrogens with zero attached hydrogens (tertiary/aromatic N) is 2. The standard InChI is InChI=1S/C26H32N2O6/c1-31-23-8-3-4-9-24(23)34-18-25(29)28-13-14-33-22-11-10-19(15-20(22)17-28)16-27-12-6-5-7-21(27)26(30)32-2/h3-4,8-11,15,21H,5-7,12-14,16-18H2,1-2H3/t21-/m0/s1. The summed E-state index contributed by atoms with van der Waals surface area (Å²) in [6.45, 7) is 2.77. The van der Waals surface area contributed by atoms with Gasteiger partial charge < -0.3 is 23.8 Å². The number of piperidine rings is 1. The van der Waals surface area contributed by atoms with E-state index < -0.39 is 0 Å². The van der Waals surface area contributed by atoms with Gasteiger partial charge in [-0.25, -0.2) is 0 Å². The first-order chi connectivity index (χ1) is 16.6. The van der Waals surface area contributed by atoms with Gasteiger partial charge in [-0.1, -0.05) is 24.6 Å². The Kier molecular flexibility index (Phi) is 7.90. The Morgan fingerprint density at radius 1 is 1.06 bits per heavy atom. The minimum absolute atomic E-state index is 0.0794. The number of hydrogen-bond acceptors (Lipinski definition) is 7. The Hall–Kier alpha value is -3.26. The quantitative estimate of drug-likeness (QED) is 0.578. The average molecular weight is 469 g/mol. The van der Waals surface area contributed by atoms with Gasteiger partial charge in [0.05, 0.1) is 20.8 Å². The van der Waals surface area contributed by atoms with Gasteiger partial charge in [0.2, 0.25) is 0 Å². The van der Waals surface area contributed by atoms with Crippen LogP contribution >= 0.6 is 0 Å². The minimum atomic E-state index is -0.209. The number of carbonyl (C=O) groups excluding carboxylic acids is 2. The molecule has 0 aromatic heterocycles.